The van der Waals surface area contributed by atoms with E-state index in [1.54, 1.807) is 0 Å². The molecule has 1 aromatic carbocycles. The summed E-state index contributed by atoms with van der Waals surface area (Å²) in [6, 6.07) is 7.80. The highest BCUT2D eigenvalue weighted by Gasteiger charge is 2.33. The number of rotatable bonds is 2. The second-order valence-electron chi connectivity index (χ2n) is 6.14. The average molecular weight is 300 g/mol. The highest BCUT2D eigenvalue weighted by molar-refractivity contribution is 5.81. The van der Waals surface area contributed by atoms with Gasteiger partial charge in [0.1, 0.15) is 11.6 Å². The Morgan fingerprint density at radius 2 is 2.14 bits per heavy atom. The van der Waals surface area contributed by atoms with Crippen molar-refractivity contribution in [3.8, 4) is 0 Å². The number of piperidine rings is 1. The van der Waals surface area contributed by atoms with Crippen molar-refractivity contribution < 1.29 is 13.9 Å². The molecular formula is C17H20N2O3. The van der Waals surface area contributed by atoms with Crippen molar-refractivity contribution in [1.29, 1.82) is 0 Å². The molecule has 0 bridgehead atoms. The van der Waals surface area contributed by atoms with Gasteiger partial charge in [0.2, 0.25) is 0 Å². The van der Waals surface area contributed by atoms with Gasteiger partial charge in [-0.1, -0.05) is 12.1 Å². The molecule has 2 atom stereocenters. The van der Waals surface area contributed by atoms with Gasteiger partial charge in [0.05, 0.1) is 5.92 Å². The maximum Gasteiger partial charge on any atom is 0.251 e. The highest BCUT2D eigenvalue weighted by Crippen LogP contribution is 2.30. The number of nitrogens with zero attached hydrogens (tertiary/aromatic N) is 2. The molecule has 2 aliphatic rings. The normalized spacial score (nSPS) is 25.7. The zero-order valence-electron chi connectivity index (χ0n) is 12.5. The molecule has 1 aromatic heterocycles. The van der Waals surface area contributed by atoms with Crippen LogP contribution in [-0.2, 0) is 9.53 Å². The van der Waals surface area contributed by atoms with Gasteiger partial charge in [-0.15, -0.1) is 0 Å². The molecule has 0 aliphatic carbocycles. The molecule has 116 valence electrons. The first-order valence-electron chi connectivity index (χ1n) is 8.07. The smallest absolute Gasteiger partial charge is 0.251 e. The maximum absolute atomic E-state index is 12.5. The van der Waals surface area contributed by atoms with Crippen LogP contribution in [0.5, 0.6) is 0 Å². The molecule has 1 amide bonds. The molecule has 5 heteroatoms. The Kier molecular flexibility index (Phi) is 3.58. The van der Waals surface area contributed by atoms with E-state index in [4.69, 9.17) is 9.15 Å². The number of oxazole rings is 1. The zero-order valence-corrected chi connectivity index (χ0v) is 12.5. The number of benzene rings is 1. The van der Waals surface area contributed by atoms with Crippen molar-refractivity contribution in [2.75, 3.05) is 19.7 Å². The molecule has 22 heavy (non-hydrogen) atoms. The quantitative estimate of drug-likeness (QED) is 0.855. The van der Waals surface area contributed by atoms with Gasteiger partial charge >= 0.3 is 0 Å². The van der Waals surface area contributed by atoms with E-state index in [0.29, 0.717) is 13.2 Å². The largest absolute Gasteiger partial charge is 0.440 e. The van der Waals surface area contributed by atoms with Gasteiger partial charge < -0.3 is 14.1 Å². The van der Waals surface area contributed by atoms with Gasteiger partial charge in [-0.3, -0.25) is 4.79 Å². The van der Waals surface area contributed by atoms with Gasteiger partial charge in [-0.2, -0.15) is 0 Å². The van der Waals surface area contributed by atoms with Crippen LogP contribution in [0, 0.1) is 0 Å². The Morgan fingerprint density at radius 1 is 1.23 bits per heavy atom. The molecular weight excluding hydrogens is 280 g/mol. The van der Waals surface area contributed by atoms with Crippen LogP contribution in [0.25, 0.3) is 11.1 Å². The summed E-state index contributed by atoms with van der Waals surface area (Å²) in [4.78, 5) is 19.0. The van der Waals surface area contributed by atoms with E-state index in [-0.39, 0.29) is 17.9 Å². The molecule has 2 saturated heterocycles. The number of amides is 1. The lowest BCUT2D eigenvalue weighted by Gasteiger charge is -2.32. The molecule has 4 rings (SSSR count). The summed E-state index contributed by atoms with van der Waals surface area (Å²) in [5.74, 6) is 1.08. The third kappa shape index (κ3) is 2.50. The van der Waals surface area contributed by atoms with Gasteiger partial charge in [0, 0.05) is 19.7 Å². The number of para-hydroxylation sites is 2. The summed E-state index contributed by atoms with van der Waals surface area (Å²) < 4.78 is 11.4. The number of ether oxygens (including phenoxy) is 1. The molecule has 0 N–H and O–H groups in total. The number of hydrogen-bond acceptors (Lipinski definition) is 4. The van der Waals surface area contributed by atoms with Crippen LogP contribution < -0.4 is 0 Å². The van der Waals surface area contributed by atoms with Crippen LogP contribution in [0.15, 0.2) is 28.7 Å². The van der Waals surface area contributed by atoms with Crippen molar-refractivity contribution in [3.63, 3.8) is 0 Å². The highest BCUT2D eigenvalue weighted by atomic mass is 16.5. The maximum atomic E-state index is 12.5. The summed E-state index contributed by atoms with van der Waals surface area (Å²) in [6.07, 6.45) is 3.61. The Labute approximate surface area is 129 Å². The summed E-state index contributed by atoms with van der Waals surface area (Å²) in [5.41, 5.74) is 1.71. The van der Waals surface area contributed by atoms with E-state index < -0.39 is 0 Å². The predicted octanol–water partition coefficient (Wildman–Crippen LogP) is 2.71. The number of hydrogen-bond donors (Lipinski definition) is 0. The zero-order chi connectivity index (χ0) is 14.9. The Hall–Kier alpha value is -1.88. The first-order valence-corrected chi connectivity index (χ1v) is 8.07. The predicted molar refractivity (Wildman–Crippen MR) is 81.5 cm³/mol. The lowest BCUT2D eigenvalue weighted by molar-refractivity contribution is -0.142. The van der Waals surface area contributed by atoms with Crippen molar-refractivity contribution in [2.24, 2.45) is 0 Å². The summed E-state index contributed by atoms with van der Waals surface area (Å²) >= 11 is 0. The summed E-state index contributed by atoms with van der Waals surface area (Å²) in [7, 11) is 0. The Bertz CT molecular complexity index is 642. The summed E-state index contributed by atoms with van der Waals surface area (Å²) in [5, 5.41) is 0. The molecule has 0 unspecified atom stereocenters. The third-order valence-corrected chi connectivity index (χ3v) is 4.60. The van der Waals surface area contributed by atoms with Gasteiger partial charge in [-0.25, -0.2) is 4.98 Å². The second kappa shape index (κ2) is 5.72. The number of carbonyl (C=O) groups excluding carboxylic acids is 1. The Balaban J connectivity index is 1.51. The van der Waals surface area contributed by atoms with E-state index in [0.717, 1.165) is 49.2 Å². The van der Waals surface area contributed by atoms with E-state index in [1.807, 2.05) is 29.2 Å². The fourth-order valence-corrected chi connectivity index (χ4v) is 3.42. The minimum absolute atomic E-state index is 0.137. The molecule has 2 aromatic rings. The SMILES string of the molecule is O=C([C@@H]1CCCO1)N1CCC[C@@H](c2nc3ccccc3o2)C1. The summed E-state index contributed by atoms with van der Waals surface area (Å²) in [6.45, 7) is 2.21. The lowest BCUT2D eigenvalue weighted by atomic mass is 9.97. The third-order valence-electron chi connectivity index (χ3n) is 4.60. The van der Waals surface area contributed by atoms with E-state index in [1.165, 1.54) is 0 Å². The van der Waals surface area contributed by atoms with Crippen molar-refractivity contribution >= 4 is 17.0 Å². The molecule has 0 spiro atoms. The van der Waals surface area contributed by atoms with Crippen LogP contribution in [-0.4, -0.2) is 41.6 Å². The lowest BCUT2D eigenvalue weighted by Crippen LogP contribution is -2.44. The fraction of sp³-hybridized carbons (Fsp3) is 0.529. The molecule has 0 radical (unpaired) electrons. The van der Waals surface area contributed by atoms with Crippen LogP contribution in [0.1, 0.15) is 37.5 Å². The molecule has 5 nitrogen and oxygen atoms in total. The number of likely N-dealkylation sites (tertiary alicyclic amines) is 1. The van der Waals surface area contributed by atoms with E-state index >= 15 is 0 Å². The van der Waals surface area contributed by atoms with Crippen molar-refractivity contribution in [3.05, 3.63) is 30.2 Å². The number of fused-ring (bicyclic) bond motifs is 1. The van der Waals surface area contributed by atoms with E-state index in [2.05, 4.69) is 4.98 Å². The van der Waals surface area contributed by atoms with E-state index in [9.17, 15) is 4.79 Å². The Morgan fingerprint density at radius 3 is 2.95 bits per heavy atom. The van der Waals surface area contributed by atoms with Gasteiger partial charge in [-0.05, 0) is 37.8 Å². The molecule has 2 aliphatic heterocycles. The minimum atomic E-state index is -0.234. The standard InChI is InChI=1S/C17H20N2O3/c20-17(15-8-4-10-21-15)19-9-3-5-12(11-19)16-18-13-6-1-2-7-14(13)22-16/h1-2,6-7,12,15H,3-5,8-11H2/t12-,15+/m1/s1. The number of aromatic nitrogens is 1. The van der Waals surface area contributed by atoms with Crippen molar-refractivity contribution in [1.82, 2.24) is 9.88 Å². The van der Waals surface area contributed by atoms with Crippen molar-refractivity contribution in [2.45, 2.75) is 37.7 Å². The van der Waals surface area contributed by atoms with Crippen LogP contribution in [0.4, 0.5) is 0 Å². The van der Waals surface area contributed by atoms with Gasteiger partial charge in [0.15, 0.2) is 11.5 Å². The average Bonchev–Trinajstić information content (AvgIpc) is 3.23. The van der Waals surface area contributed by atoms with Crippen LogP contribution >= 0.6 is 0 Å². The number of carbonyl (C=O) groups is 1. The topological polar surface area (TPSA) is 55.6 Å². The van der Waals surface area contributed by atoms with Gasteiger partial charge in [0.25, 0.3) is 5.91 Å². The first-order chi connectivity index (χ1) is 10.8. The minimum Gasteiger partial charge on any atom is -0.440 e. The fourth-order valence-electron chi connectivity index (χ4n) is 3.42. The van der Waals surface area contributed by atoms with Crippen LogP contribution in [0.2, 0.25) is 0 Å². The second-order valence-corrected chi connectivity index (χ2v) is 6.14. The first kappa shape index (κ1) is 13.8. The molecule has 3 heterocycles. The molecule has 0 saturated carbocycles. The monoisotopic (exact) mass is 300 g/mol. The molecule has 2 fully saturated rings. The van der Waals surface area contributed by atoms with Crippen LogP contribution in [0.3, 0.4) is 0 Å².